The predicted octanol–water partition coefficient (Wildman–Crippen LogP) is 4.30. The molecule has 0 radical (unpaired) electrons. The monoisotopic (exact) mass is 287 g/mol. The van der Waals surface area contributed by atoms with E-state index >= 15 is 0 Å². The lowest BCUT2D eigenvalue weighted by Gasteiger charge is -2.41. The van der Waals surface area contributed by atoms with Crippen LogP contribution in [-0.2, 0) is 4.74 Å². The van der Waals surface area contributed by atoms with Crippen LogP contribution in [0.3, 0.4) is 0 Å². The highest BCUT2D eigenvalue weighted by Crippen LogP contribution is 2.45. The van der Waals surface area contributed by atoms with Crippen molar-refractivity contribution in [2.24, 2.45) is 5.92 Å². The average molecular weight is 287 g/mol. The molecule has 0 bridgehead atoms. The molecular weight excluding hydrogens is 258 g/mol. The van der Waals surface area contributed by atoms with Crippen LogP contribution in [0.5, 0.6) is 0 Å². The van der Waals surface area contributed by atoms with E-state index in [9.17, 15) is 0 Å². The smallest absolute Gasteiger partial charge is 0.0686 e. The molecule has 1 spiro atoms. The van der Waals surface area contributed by atoms with Crippen molar-refractivity contribution in [3.63, 3.8) is 0 Å². The largest absolute Gasteiger partial charge is 0.375 e. The van der Waals surface area contributed by atoms with Crippen LogP contribution in [0.15, 0.2) is 18.2 Å². The molecule has 2 aliphatic rings. The first-order chi connectivity index (χ1) is 10.2. The molecule has 1 N–H and O–H groups in total. The summed E-state index contributed by atoms with van der Waals surface area (Å²) in [6.07, 6.45) is 7.65. The quantitative estimate of drug-likeness (QED) is 0.894. The maximum Gasteiger partial charge on any atom is 0.0686 e. The first-order valence-electron chi connectivity index (χ1n) is 8.52. The van der Waals surface area contributed by atoms with Gasteiger partial charge in [0.2, 0.25) is 0 Å². The van der Waals surface area contributed by atoms with E-state index in [-0.39, 0.29) is 5.60 Å². The fourth-order valence-electron chi connectivity index (χ4n) is 4.47. The molecule has 21 heavy (non-hydrogen) atoms. The Morgan fingerprint density at radius 2 is 2.00 bits per heavy atom. The molecule has 3 rings (SSSR count). The summed E-state index contributed by atoms with van der Waals surface area (Å²) in [5.74, 6) is 0.697. The molecular formula is C19H29NO. The standard InChI is InChI=1S/C19H29NO/c1-14-7-6-8-17(15(14)2)18(20-3)16-9-12-21-19(13-16)10-4-5-11-19/h6-8,16,18,20H,4-5,9-13H2,1-3H3. The summed E-state index contributed by atoms with van der Waals surface area (Å²) in [7, 11) is 2.11. The topological polar surface area (TPSA) is 21.3 Å². The fourth-order valence-corrected chi connectivity index (χ4v) is 4.47. The van der Waals surface area contributed by atoms with Gasteiger partial charge in [0.1, 0.15) is 0 Å². The normalized spacial score (nSPS) is 26.1. The average Bonchev–Trinajstić information content (AvgIpc) is 2.92. The number of hydrogen-bond acceptors (Lipinski definition) is 2. The minimum Gasteiger partial charge on any atom is -0.375 e. The van der Waals surface area contributed by atoms with Gasteiger partial charge >= 0.3 is 0 Å². The molecule has 1 aromatic rings. The summed E-state index contributed by atoms with van der Waals surface area (Å²) in [5, 5.41) is 3.61. The minimum atomic E-state index is 0.204. The molecule has 1 aromatic carbocycles. The molecule has 1 saturated heterocycles. The SMILES string of the molecule is CNC(c1cccc(C)c1C)C1CCOC2(CCCC2)C1. The van der Waals surface area contributed by atoms with Gasteiger partial charge in [0, 0.05) is 12.6 Å². The summed E-state index contributed by atoms with van der Waals surface area (Å²) < 4.78 is 6.21. The van der Waals surface area contributed by atoms with Gasteiger partial charge < -0.3 is 10.1 Å². The Kier molecular flexibility index (Phi) is 4.37. The van der Waals surface area contributed by atoms with E-state index in [2.05, 4.69) is 44.4 Å². The number of benzene rings is 1. The summed E-state index contributed by atoms with van der Waals surface area (Å²) >= 11 is 0. The molecule has 1 aliphatic heterocycles. The van der Waals surface area contributed by atoms with Crippen molar-refractivity contribution in [1.82, 2.24) is 5.32 Å². The Hall–Kier alpha value is -0.860. The number of hydrogen-bond donors (Lipinski definition) is 1. The van der Waals surface area contributed by atoms with Gasteiger partial charge in [-0.1, -0.05) is 31.0 Å². The van der Waals surface area contributed by atoms with Crippen molar-refractivity contribution in [2.45, 2.75) is 64.0 Å². The second kappa shape index (κ2) is 6.10. The van der Waals surface area contributed by atoms with Crippen molar-refractivity contribution < 1.29 is 4.74 Å². The van der Waals surface area contributed by atoms with E-state index in [1.54, 1.807) is 0 Å². The summed E-state index contributed by atoms with van der Waals surface area (Å²) in [6, 6.07) is 7.19. The van der Waals surface area contributed by atoms with Crippen molar-refractivity contribution >= 4 is 0 Å². The molecule has 0 aromatic heterocycles. The lowest BCUT2D eigenvalue weighted by atomic mass is 9.77. The molecule has 2 heteroatoms. The number of ether oxygens (including phenoxy) is 1. The van der Waals surface area contributed by atoms with Crippen molar-refractivity contribution in [2.75, 3.05) is 13.7 Å². The van der Waals surface area contributed by atoms with E-state index in [0.717, 1.165) is 6.61 Å². The van der Waals surface area contributed by atoms with Gasteiger partial charge in [-0.05, 0) is 69.2 Å². The third kappa shape index (κ3) is 2.89. The second-order valence-corrected chi connectivity index (χ2v) is 7.05. The van der Waals surface area contributed by atoms with E-state index in [1.165, 1.54) is 55.2 Å². The Bertz CT molecular complexity index is 490. The molecule has 2 unspecified atom stereocenters. The maximum absolute atomic E-state index is 6.21. The van der Waals surface area contributed by atoms with Crippen LogP contribution in [0, 0.1) is 19.8 Å². The zero-order chi connectivity index (χ0) is 14.9. The van der Waals surface area contributed by atoms with Gasteiger partial charge in [-0.3, -0.25) is 0 Å². The van der Waals surface area contributed by atoms with Crippen molar-refractivity contribution in [3.8, 4) is 0 Å². The lowest BCUT2D eigenvalue weighted by Crippen LogP contribution is -2.41. The Morgan fingerprint density at radius 1 is 1.24 bits per heavy atom. The second-order valence-electron chi connectivity index (χ2n) is 7.05. The number of nitrogens with one attached hydrogen (secondary N) is 1. The third-order valence-electron chi connectivity index (χ3n) is 5.81. The first-order valence-corrected chi connectivity index (χ1v) is 8.52. The third-order valence-corrected chi connectivity index (χ3v) is 5.81. The zero-order valence-corrected chi connectivity index (χ0v) is 13.7. The molecule has 1 aliphatic carbocycles. The van der Waals surface area contributed by atoms with E-state index < -0.39 is 0 Å². The van der Waals surface area contributed by atoms with Gasteiger partial charge in [-0.2, -0.15) is 0 Å². The first kappa shape index (κ1) is 15.1. The highest BCUT2D eigenvalue weighted by atomic mass is 16.5. The van der Waals surface area contributed by atoms with Crippen LogP contribution >= 0.6 is 0 Å². The fraction of sp³-hybridized carbons (Fsp3) is 0.684. The zero-order valence-electron chi connectivity index (χ0n) is 13.7. The van der Waals surface area contributed by atoms with Gasteiger partial charge in [-0.15, -0.1) is 0 Å². The van der Waals surface area contributed by atoms with E-state index in [1.807, 2.05) is 0 Å². The van der Waals surface area contributed by atoms with E-state index in [0.29, 0.717) is 12.0 Å². The molecule has 116 valence electrons. The van der Waals surface area contributed by atoms with E-state index in [4.69, 9.17) is 4.74 Å². The maximum atomic E-state index is 6.21. The van der Waals surface area contributed by atoms with Gasteiger partial charge in [-0.25, -0.2) is 0 Å². The predicted molar refractivity (Wildman–Crippen MR) is 87.6 cm³/mol. The summed E-state index contributed by atoms with van der Waals surface area (Å²) in [6.45, 7) is 5.42. The van der Waals surface area contributed by atoms with Gasteiger partial charge in [0.15, 0.2) is 0 Å². The van der Waals surface area contributed by atoms with Crippen molar-refractivity contribution in [1.29, 1.82) is 0 Å². The van der Waals surface area contributed by atoms with Crippen LogP contribution in [0.25, 0.3) is 0 Å². The number of rotatable bonds is 3. The summed E-state index contributed by atoms with van der Waals surface area (Å²) in [4.78, 5) is 0. The molecule has 1 saturated carbocycles. The Balaban J connectivity index is 1.84. The molecule has 2 nitrogen and oxygen atoms in total. The highest BCUT2D eigenvalue weighted by Gasteiger charge is 2.42. The summed E-state index contributed by atoms with van der Waals surface area (Å²) in [5.41, 5.74) is 4.53. The van der Waals surface area contributed by atoms with Gasteiger partial charge in [0.05, 0.1) is 5.60 Å². The molecule has 2 atom stereocenters. The van der Waals surface area contributed by atoms with Crippen LogP contribution < -0.4 is 5.32 Å². The highest BCUT2D eigenvalue weighted by molar-refractivity contribution is 5.35. The lowest BCUT2D eigenvalue weighted by molar-refractivity contribution is -0.0979. The molecule has 2 fully saturated rings. The van der Waals surface area contributed by atoms with Crippen LogP contribution in [0.4, 0.5) is 0 Å². The van der Waals surface area contributed by atoms with Gasteiger partial charge in [0.25, 0.3) is 0 Å². The molecule has 0 amide bonds. The number of aryl methyl sites for hydroxylation is 1. The van der Waals surface area contributed by atoms with Crippen molar-refractivity contribution in [3.05, 3.63) is 34.9 Å². The Labute approximate surface area is 129 Å². The van der Waals surface area contributed by atoms with Crippen LogP contribution in [-0.4, -0.2) is 19.3 Å². The van der Waals surface area contributed by atoms with Crippen LogP contribution in [0.2, 0.25) is 0 Å². The van der Waals surface area contributed by atoms with Crippen LogP contribution in [0.1, 0.15) is 61.3 Å². The molecule has 1 heterocycles. The minimum absolute atomic E-state index is 0.204. The Morgan fingerprint density at radius 3 is 2.71 bits per heavy atom.